The number of halogens is 3. The quantitative estimate of drug-likeness (QED) is 0.512. The van der Waals surface area contributed by atoms with Gasteiger partial charge in [0, 0.05) is 34.3 Å². The van der Waals surface area contributed by atoms with Crippen molar-refractivity contribution in [2.75, 3.05) is 19.7 Å². The Kier molecular flexibility index (Phi) is 7.74. The Morgan fingerprint density at radius 3 is 2.81 bits per heavy atom. The molecule has 0 aliphatic carbocycles. The van der Waals surface area contributed by atoms with Crippen LogP contribution in [0.4, 0.5) is 8.78 Å². The molecule has 1 aromatic heterocycles. The van der Waals surface area contributed by atoms with Gasteiger partial charge in [0.1, 0.15) is 12.4 Å². The van der Waals surface area contributed by atoms with Crippen molar-refractivity contribution in [1.82, 2.24) is 9.88 Å². The number of aryl methyl sites for hydroxylation is 1. The van der Waals surface area contributed by atoms with Gasteiger partial charge in [-0.25, -0.2) is 8.78 Å². The van der Waals surface area contributed by atoms with E-state index in [1.165, 1.54) is 18.2 Å². The Morgan fingerprint density at radius 2 is 2.06 bits per heavy atom. The number of aromatic nitrogens is 1. The second-order valence-electron chi connectivity index (χ2n) is 8.08. The number of carbonyl (C=O) groups is 1. The average molecular weight is 464 g/mol. The van der Waals surface area contributed by atoms with Gasteiger partial charge in [-0.05, 0) is 74.7 Å². The summed E-state index contributed by atoms with van der Waals surface area (Å²) >= 11 is 0. The summed E-state index contributed by atoms with van der Waals surface area (Å²) in [7, 11) is 0. The molecule has 0 fully saturated rings. The van der Waals surface area contributed by atoms with Crippen LogP contribution in [0.1, 0.15) is 41.3 Å². The SMILES string of the molecule is CCCN(CCCc1c[nH]c2ccc(F)cc12)[C@H]1COc2c(F)ccc(C(N)=O)c2C1.Cl. The first-order valence-electron chi connectivity index (χ1n) is 10.7. The summed E-state index contributed by atoms with van der Waals surface area (Å²) in [4.78, 5) is 17.3. The van der Waals surface area contributed by atoms with Gasteiger partial charge < -0.3 is 15.5 Å². The van der Waals surface area contributed by atoms with E-state index in [0.29, 0.717) is 24.2 Å². The van der Waals surface area contributed by atoms with E-state index in [2.05, 4.69) is 16.8 Å². The number of amides is 1. The summed E-state index contributed by atoms with van der Waals surface area (Å²) in [5.41, 5.74) is 8.39. The molecule has 2 aromatic carbocycles. The molecule has 0 radical (unpaired) electrons. The highest BCUT2D eigenvalue weighted by Gasteiger charge is 2.30. The first-order valence-corrected chi connectivity index (χ1v) is 10.7. The number of ether oxygens (including phenoxy) is 1. The number of nitrogens with one attached hydrogen (secondary N) is 1. The van der Waals surface area contributed by atoms with Crippen LogP contribution in [-0.2, 0) is 12.8 Å². The van der Waals surface area contributed by atoms with Crippen molar-refractivity contribution < 1.29 is 18.3 Å². The number of aromatic amines is 1. The zero-order valence-electron chi connectivity index (χ0n) is 18.0. The third-order valence-electron chi connectivity index (χ3n) is 5.99. The number of nitrogens with two attached hydrogens (primary N) is 1. The normalized spacial score (nSPS) is 15.3. The number of hydrogen-bond donors (Lipinski definition) is 2. The van der Waals surface area contributed by atoms with Crippen LogP contribution in [0.15, 0.2) is 36.5 Å². The Bertz CT molecular complexity index is 1100. The van der Waals surface area contributed by atoms with E-state index in [-0.39, 0.29) is 30.0 Å². The van der Waals surface area contributed by atoms with E-state index >= 15 is 0 Å². The Balaban J connectivity index is 0.00000289. The van der Waals surface area contributed by atoms with Gasteiger partial charge in [0.15, 0.2) is 11.6 Å². The average Bonchev–Trinajstić information content (AvgIpc) is 3.15. The molecule has 1 amide bonds. The van der Waals surface area contributed by atoms with Crippen LogP contribution in [0.2, 0.25) is 0 Å². The molecular weight excluding hydrogens is 436 g/mol. The molecule has 1 atom stereocenters. The first-order chi connectivity index (χ1) is 15.0. The van der Waals surface area contributed by atoms with Gasteiger partial charge in [-0.1, -0.05) is 6.92 Å². The molecule has 1 aliphatic heterocycles. The lowest BCUT2D eigenvalue weighted by Gasteiger charge is -2.35. The number of rotatable bonds is 8. The fraction of sp³-hybridized carbons (Fsp3) is 0.375. The van der Waals surface area contributed by atoms with E-state index in [1.807, 2.05) is 6.20 Å². The zero-order chi connectivity index (χ0) is 22.0. The van der Waals surface area contributed by atoms with Crippen LogP contribution < -0.4 is 10.5 Å². The van der Waals surface area contributed by atoms with Crippen molar-refractivity contribution in [3.05, 3.63) is 64.9 Å². The van der Waals surface area contributed by atoms with Gasteiger partial charge >= 0.3 is 0 Å². The highest BCUT2D eigenvalue weighted by Crippen LogP contribution is 2.32. The smallest absolute Gasteiger partial charge is 0.249 e. The Hall–Kier alpha value is -2.64. The molecule has 3 aromatic rings. The number of primary amides is 1. The summed E-state index contributed by atoms with van der Waals surface area (Å²) in [5.74, 6) is -1.14. The second kappa shape index (κ2) is 10.3. The van der Waals surface area contributed by atoms with Crippen LogP contribution in [0, 0.1) is 11.6 Å². The summed E-state index contributed by atoms with van der Waals surface area (Å²) < 4.78 is 33.6. The zero-order valence-corrected chi connectivity index (χ0v) is 18.8. The number of H-pyrrole nitrogens is 1. The number of fused-ring (bicyclic) bond motifs is 2. The molecule has 4 rings (SSSR count). The minimum Gasteiger partial charge on any atom is -0.489 e. The van der Waals surface area contributed by atoms with Crippen molar-refractivity contribution in [1.29, 1.82) is 0 Å². The number of hydrogen-bond acceptors (Lipinski definition) is 3. The third kappa shape index (κ3) is 4.89. The van der Waals surface area contributed by atoms with Gasteiger partial charge in [-0.15, -0.1) is 12.4 Å². The Labute approximate surface area is 192 Å². The monoisotopic (exact) mass is 463 g/mol. The van der Waals surface area contributed by atoms with Gasteiger partial charge in [-0.2, -0.15) is 0 Å². The predicted octanol–water partition coefficient (Wildman–Crippen LogP) is 4.62. The van der Waals surface area contributed by atoms with Crippen LogP contribution in [0.3, 0.4) is 0 Å². The van der Waals surface area contributed by atoms with Crippen molar-refractivity contribution >= 4 is 29.2 Å². The van der Waals surface area contributed by atoms with E-state index in [4.69, 9.17) is 10.5 Å². The third-order valence-corrected chi connectivity index (χ3v) is 5.99. The fourth-order valence-corrected chi connectivity index (χ4v) is 4.49. The van der Waals surface area contributed by atoms with E-state index in [0.717, 1.165) is 48.8 Å². The predicted molar refractivity (Wildman–Crippen MR) is 124 cm³/mol. The van der Waals surface area contributed by atoms with Crippen molar-refractivity contribution in [2.45, 2.75) is 38.6 Å². The summed E-state index contributed by atoms with van der Waals surface area (Å²) in [5, 5.41) is 0.915. The van der Waals surface area contributed by atoms with Crippen LogP contribution >= 0.6 is 12.4 Å². The molecule has 5 nitrogen and oxygen atoms in total. The molecule has 0 bridgehead atoms. The molecular formula is C24H28ClF2N3O2. The lowest BCUT2D eigenvalue weighted by Crippen LogP contribution is -2.44. The maximum Gasteiger partial charge on any atom is 0.249 e. The molecule has 0 unspecified atom stereocenters. The fourth-order valence-electron chi connectivity index (χ4n) is 4.49. The minimum absolute atomic E-state index is 0. The molecule has 172 valence electrons. The molecule has 0 saturated heterocycles. The summed E-state index contributed by atoms with van der Waals surface area (Å²) in [6, 6.07) is 7.47. The minimum atomic E-state index is -0.575. The van der Waals surface area contributed by atoms with Crippen molar-refractivity contribution in [3.8, 4) is 5.75 Å². The molecule has 32 heavy (non-hydrogen) atoms. The van der Waals surface area contributed by atoms with Gasteiger partial charge in [0.05, 0.1) is 0 Å². The number of nitrogens with zero attached hydrogens (tertiary/aromatic N) is 1. The van der Waals surface area contributed by atoms with Crippen molar-refractivity contribution in [2.24, 2.45) is 5.73 Å². The van der Waals surface area contributed by atoms with Crippen LogP contribution in [0.5, 0.6) is 5.75 Å². The van der Waals surface area contributed by atoms with E-state index in [1.54, 1.807) is 12.1 Å². The van der Waals surface area contributed by atoms with E-state index in [9.17, 15) is 13.6 Å². The number of benzene rings is 2. The Morgan fingerprint density at radius 1 is 1.25 bits per heavy atom. The van der Waals surface area contributed by atoms with E-state index < -0.39 is 11.7 Å². The summed E-state index contributed by atoms with van der Waals surface area (Å²) in [6.07, 6.45) is 5.13. The van der Waals surface area contributed by atoms with Gasteiger partial charge in [0.2, 0.25) is 5.91 Å². The molecule has 2 heterocycles. The largest absolute Gasteiger partial charge is 0.489 e. The molecule has 0 saturated carbocycles. The standard InChI is InChI=1S/C24H27F2N3O2.ClH/c1-2-9-29(10-3-4-15-13-28-22-8-5-16(25)11-19(15)22)17-12-20-18(24(27)30)6-7-21(26)23(20)31-14-17;/h5-8,11,13,17,28H,2-4,9-10,12,14H2,1H3,(H2,27,30);1H/t17-;/m1./s1. The molecule has 1 aliphatic rings. The van der Waals surface area contributed by atoms with Crippen molar-refractivity contribution in [3.63, 3.8) is 0 Å². The molecule has 0 spiro atoms. The lowest BCUT2D eigenvalue weighted by atomic mass is 9.95. The molecule has 8 heteroatoms. The number of carbonyl (C=O) groups excluding carboxylic acids is 1. The van der Waals surface area contributed by atoms with Crippen LogP contribution in [0.25, 0.3) is 10.9 Å². The topological polar surface area (TPSA) is 71.3 Å². The highest BCUT2D eigenvalue weighted by molar-refractivity contribution is 5.95. The van der Waals surface area contributed by atoms with Gasteiger partial charge in [0.25, 0.3) is 0 Å². The maximum absolute atomic E-state index is 14.2. The summed E-state index contributed by atoms with van der Waals surface area (Å²) in [6.45, 7) is 4.17. The van der Waals surface area contributed by atoms with Crippen LogP contribution in [-0.4, -0.2) is 41.5 Å². The first kappa shape index (κ1) is 24.0. The maximum atomic E-state index is 14.2. The van der Waals surface area contributed by atoms with Gasteiger partial charge in [-0.3, -0.25) is 9.69 Å². The molecule has 3 N–H and O–H groups in total. The second-order valence-corrected chi connectivity index (χ2v) is 8.08. The highest BCUT2D eigenvalue weighted by atomic mass is 35.5. The lowest BCUT2D eigenvalue weighted by molar-refractivity contribution is 0.0984.